The molecular formula is C9H19IN6. The Hall–Kier alpha value is -0.860. The first-order valence-electron chi connectivity index (χ1n) is 4.96. The molecule has 1 aromatic heterocycles. The molecule has 7 heteroatoms. The van der Waals surface area contributed by atoms with E-state index >= 15 is 0 Å². The van der Waals surface area contributed by atoms with Crippen LogP contribution in [0.3, 0.4) is 0 Å². The van der Waals surface area contributed by atoms with Gasteiger partial charge < -0.3 is 11.1 Å². The molecular weight excluding hydrogens is 319 g/mol. The van der Waals surface area contributed by atoms with E-state index in [1.54, 1.807) is 11.0 Å². The predicted molar refractivity (Wildman–Crippen MR) is 74.6 cm³/mol. The molecule has 0 radical (unpaired) electrons. The summed E-state index contributed by atoms with van der Waals surface area (Å²) in [5, 5.41) is 7.12. The molecule has 92 valence electrons. The molecule has 0 bridgehead atoms. The average Bonchev–Trinajstić information content (AvgIpc) is 2.58. The van der Waals surface area contributed by atoms with Crippen LogP contribution in [0.4, 0.5) is 0 Å². The highest BCUT2D eigenvalue weighted by Crippen LogP contribution is 1.91. The monoisotopic (exact) mass is 338 g/mol. The van der Waals surface area contributed by atoms with Crippen molar-refractivity contribution >= 4 is 29.9 Å². The first-order chi connectivity index (χ1) is 7.08. The van der Waals surface area contributed by atoms with Gasteiger partial charge in [-0.25, -0.2) is 9.98 Å². The van der Waals surface area contributed by atoms with E-state index < -0.39 is 0 Å². The fourth-order valence-corrected chi connectivity index (χ4v) is 0.977. The summed E-state index contributed by atoms with van der Waals surface area (Å²) >= 11 is 0. The first kappa shape index (κ1) is 15.1. The molecule has 1 aromatic rings. The van der Waals surface area contributed by atoms with Crippen LogP contribution >= 0.6 is 24.0 Å². The summed E-state index contributed by atoms with van der Waals surface area (Å²) in [6, 6.07) is 0. The smallest absolute Gasteiger partial charge is 0.189 e. The van der Waals surface area contributed by atoms with Crippen molar-refractivity contribution in [2.45, 2.75) is 20.4 Å². The van der Waals surface area contributed by atoms with Crippen molar-refractivity contribution in [3.63, 3.8) is 0 Å². The van der Waals surface area contributed by atoms with Gasteiger partial charge in [0.2, 0.25) is 0 Å². The third kappa shape index (κ3) is 5.89. The lowest BCUT2D eigenvalue weighted by atomic mass is 10.2. The molecule has 0 saturated heterocycles. The molecule has 0 unspecified atom stereocenters. The van der Waals surface area contributed by atoms with Gasteiger partial charge in [0.25, 0.3) is 0 Å². The molecule has 0 aromatic carbocycles. The zero-order chi connectivity index (χ0) is 11.3. The summed E-state index contributed by atoms with van der Waals surface area (Å²) in [6.45, 7) is 5.46. The highest BCUT2D eigenvalue weighted by molar-refractivity contribution is 14.0. The maximum absolute atomic E-state index is 5.65. The summed E-state index contributed by atoms with van der Waals surface area (Å²) < 4.78 is 1.64. The van der Waals surface area contributed by atoms with Crippen molar-refractivity contribution in [3.8, 4) is 0 Å². The number of nitrogens with two attached hydrogens (primary N) is 1. The van der Waals surface area contributed by atoms with Gasteiger partial charge in [0, 0.05) is 13.6 Å². The van der Waals surface area contributed by atoms with Gasteiger partial charge >= 0.3 is 0 Å². The summed E-state index contributed by atoms with van der Waals surface area (Å²) in [5.74, 6) is 1.66. The predicted octanol–water partition coefficient (Wildman–Crippen LogP) is 0.493. The van der Waals surface area contributed by atoms with E-state index in [0.717, 1.165) is 6.54 Å². The van der Waals surface area contributed by atoms with Crippen LogP contribution < -0.4 is 11.1 Å². The van der Waals surface area contributed by atoms with Crippen LogP contribution in [0, 0.1) is 5.92 Å². The van der Waals surface area contributed by atoms with Crippen molar-refractivity contribution in [1.29, 1.82) is 0 Å². The first-order valence-corrected chi connectivity index (χ1v) is 4.96. The van der Waals surface area contributed by atoms with Crippen LogP contribution in [-0.4, -0.2) is 27.3 Å². The third-order valence-corrected chi connectivity index (χ3v) is 1.73. The van der Waals surface area contributed by atoms with Crippen LogP contribution in [0.2, 0.25) is 0 Å². The molecule has 6 nitrogen and oxygen atoms in total. The number of hydrogen-bond donors (Lipinski definition) is 2. The number of aryl methyl sites for hydroxylation is 1. The number of guanidine groups is 1. The number of halogens is 1. The molecule has 0 saturated carbocycles. The second kappa shape index (κ2) is 7.42. The molecule has 1 rings (SSSR count). The number of aromatic nitrogens is 3. The Morgan fingerprint density at radius 1 is 1.62 bits per heavy atom. The van der Waals surface area contributed by atoms with Crippen molar-refractivity contribution in [2.24, 2.45) is 23.7 Å². The van der Waals surface area contributed by atoms with E-state index in [1.165, 1.54) is 0 Å². The van der Waals surface area contributed by atoms with Crippen molar-refractivity contribution < 1.29 is 0 Å². The van der Waals surface area contributed by atoms with Crippen LogP contribution in [-0.2, 0) is 13.6 Å². The second-order valence-electron chi connectivity index (χ2n) is 3.81. The molecule has 0 spiro atoms. The molecule has 0 aliphatic rings. The number of aliphatic imine (C=N–C) groups is 1. The van der Waals surface area contributed by atoms with E-state index in [4.69, 9.17) is 5.73 Å². The van der Waals surface area contributed by atoms with Gasteiger partial charge in [0.15, 0.2) is 11.8 Å². The largest absolute Gasteiger partial charge is 0.370 e. The van der Waals surface area contributed by atoms with E-state index in [-0.39, 0.29) is 24.0 Å². The lowest BCUT2D eigenvalue weighted by Crippen LogP contribution is -2.34. The van der Waals surface area contributed by atoms with Gasteiger partial charge in [0.05, 0.1) is 0 Å². The Bertz CT molecular complexity index is 332. The maximum Gasteiger partial charge on any atom is 0.189 e. The van der Waals surface area contributed by atoms with Crippen LogP contribution in [0.25, 0.3) is 0 Å². The number of hydrogen-bond acceptors (Lipinski definition) is 3. The Kier molecular flexibility index (Phi) is 7.02. The summed E-state index contributed by atoms with van der Waals surface area (Å²) in [7, 11) is 1.82. The van der Waals surface area contributed by atoms with Crippen LogP contribution in [0.1, 0.15) is 19.7 Å². The van der Waals surface area contributed by atoms with E-state index in [2.05, 4.69) is 34.2 Å². The Balaban J connectivity index is 0.00000225. The van der Waals surface area contributed by atoms with Gasteiger partial charge in [0.1, 0.15) is 12.9 Å². The average molecular weight is 338 g/mol. The topological polar surface area (TPSA) is 81.1 Å². The third-order valence-electron chi connectivity index (χ3n) is 1.73. The van der Waals surface area contributed by atoms with Gasteiger partial charge in [-0.3, -0.25) is 4.68 Å². The lowest BCUT2D eigenvalue weighted by Gasteiger charge is -2.06. The minimum atomic E-state index is 0. The maximum atomic E-state index is 5.65. The van der Waals surface area contributed by atoms with E-state index in [0.29, 0.717) is 24.2 Å². The second-order valence-corrected chi connectivity index (χ2v) is 3.81. The van der Waals surface area contributed by atoms with Gasteiger partial charge in [-0.15, -0.1) is 24.0 Å². The summed E-state index contributed by atoms with van der Waals surface area (Å²) in [6.07, 6.45) is 1.64. The fourth-order valence-electron chi connectivity index (χ4n) is 0.977. The normalized spacial score (nSPS) is 11.4. The molecule has 16 heavy (non-hydrogen) atoms. The van der Waals surface area contributed by atoms with E-state index in [1.807, 2.05) is 7.05 Å². The van der Waals surface area contributed by atoms with Crippen molar-refractivity contribution in [1.82, 2.24) is 20.1 Å². The SMILES string of the molecule is CC(C)CNC(N)=NCc1ncn(C)n1.I. The lowest BCUT2D eigenvalue weighted by molar-refractivity contribution is 0.621. The fraction of sp³-hybridized carbons (Fsp3) is 0.667. The molecule has 0 fully saturated rings. The van der Waals surface area contributed by atoms with Gasteiger partial charge in [-0.2, -0.15) is 5.10 Å². The van der Waals surface area contributed by atoms with Crippen molar-refractivity contribution in [2.75, 3.05) is 6.54 Å². The molecule has 0 aliphatic carbocycles. The Morgan fingerprint density at radius 3 is 2.81 bits per heavy atom. The Morgan fingerprint density at radius 2 is 2.31 bits per heavy atom. The zero-order valence-corrected chi connectivity index (χ0v) is 12.2. The van der Waals surface area contributed by atoms with Crippen LogP contribution in [0.15, 0.2) is 11.3 Å². The molecule has 1 heterocycles. The highest BCUT2D eigenvalue weighted by Gasteiger charge is 1.98. The molecule has 0 aliphatic heterocycles. The Labute approximate surface area is 113 Å². The number of nitrogens with zero attached hydrogens (tertiary/aromatic N) is 4. The number of rotatable bonds is 4. The van der Waals surface area contributed by atoms with E-state index in [9.17, 15) is 0 Å². The summed E-state index contributed by atoms with van der Waals surface area (Å²) in [4.78, 5) is 8.17. The molecule has 0 atom stereocenters. The van der Waals surface area contributed by atoms with Gasteiger partial charge in [-0.1, -0.05) is 13.8 Å². The quantitative estimate of drug-likeness (QED) is 0.476. The highest BCUT2D eigenvalue weighted by atomic mass is 127. The minimum Gasteiger partial charge on any atom is -0.370 e. The van der Waals surface area contributed by atoms with Gasteiger partial charge in [-0.05, 0) is 5.92 Å². The molecule has 3 N–H and O–H groups in total. The molecule has 0 amide bonds. The summed E-state index contributed by atoms with van der Waals surface area (Å²) in [5.41, 5.74) is 5.65. The zero-order valence-electron chi connectivity index (χ0n) is 9.84. The number of nitrogens with one attached hydrogen (secondary N) is 1. The van der Waals surface area contributed by atoms with Crippen LogP contribution in [0.5, 0.6) is 0 Å². The minimum absolute atomic E-state index is 0. The standard InChI is InChI=1S/C9H18N6.HI/c1-7(2)4-11-9(10)12-5-8-13-6-15(3)14-8;/h6-7H,4-5H2,1-3H3,(H3,10,11,12);1H. The van der Waals surface area contributed by atoms with Crippen molar-refractivity contribution in [3.05, 3.63) is 12.2 Å².